The van der Waals surface area contributed by atoms with Crippen molar-refractivity contribution in [1.29, 1.82) is 0 Å². The van der Waals surface area contributed by atoms with Crippen molar-refractivity contribution in [2.24, 2.45) is 11.8 Å². The molecule has 46 heavy (non-hydrogen) atoms. The van der Waals surface area contributed by atoms with Crippen molar-refractivity contribution >= 4 is 23.7 Å². The molecule has 0 unspecified atom stereocenters. The van der Waals surface area contributed by atoms with Gasteiger partial charge >= 0.3 is 12.1 Å². The first kappa shape index (κ1) is 34.8. The Morgan fingerprint density at radius 1 is 1.00 bits per heavy atom. The van der Waals surface area contributed by atoms with Crippen LogP contribution in [-0.4, -0.2) is 90.9 Å². The van der Waals surface area contributed by atoms with E-state index in [-0.39, 0.29) is 25.4 Å². The quantitative estimate of drug-likeness (QED) is 0.312. The van der Waals surface area contributed by atoms with E-state index >= 15 is 4.39 Å². The number of rotatable bonds is 10. The molecule has 250 valence electrons. The molecule has 1 heterocycles. The van der Waals surface area contributed by atoms with Crippen molar-refractivity contribution in [2.75, 3.05) is 34.2 Å². The van der Waals surface area contributed by atoms with Crippen molar-refractivity contribution in [3.05, 3.63) is 70.8 Å². The maximum Gasteiger partial charge on any atom is 0.491 e. The molecule has 1 aliphatic heterocycles. The minimum atomic E-state index is -5.70. The summed E-state index contributed by atoms with van der Waals surface area (Å²) in [5.41, 5.74) is -2.73. The summed E-state index contributed by atoms with van der Waals surface area (Å²) in [6, 6.07) is 5.85. The predicted octanol–water partition coefficient (Wildman–Crippen LogP) is 3.40. The van der Waals surface area contributed by atoms with E-state index in [4.69, 9.17) is 4.74 Å². The molecular formula is C32H37F5N4O5. The smallest absolute Gasteiger partial charge is 0.418 e. The van der Waals surface area contributed by atoms with Crippen LogP contribution in [0.4, 0.5) is 22.0 Å². The number of likely N-dealkylation sites (N-methyl/N-ethyl adjacent to an activating group) is 2. The van der Waals surface area contributed by atoms with Crippen LogP contribution in [0.25, 0.3) is 0 Å². The summed E-state index contributed by atoms with van der Waals surface area (Å²) in [6.07, 6.45) is -5.28. The average molecular weight is 653 g/mol. The number of piperazine rings is 1. The molecular weight excluding hydrogens is 615 g/mol. The lowest BCUT2D eigenvalue weighted by atomic mass is 9.86. The Kier molecular flexibility index (Phi) is 10.1. The summed E-state index contributed by atoms with van der Waals surface area (Å²) in [6.45, 7) is 3.35. The fourth-order valence-corrected chi connectivity index (χ4v) is 6.08. The molecule has 3 amide bonds. The van der Waals surface area contributed by atoms with Gasteiger partial charge in [-0.05, 0) is 68.5 Å². The first-order valence-corrected chi connectivity index (χ1v) is 14.8. The Hall–Kier alpha value is -4.07. The van der Waals surface area contributed by atoms with Gasteiger partial charge in [-0.25, -0.2) is 13.6 Å². The van der Waals surface area contributed by atoms with E-state index in [0.29, 0.717) is 35.9 Å². The average Bonchev–Trinajstić information content (AvgIpc) is 3.40. The molecule has 0 radical (unpaired) electrons. The van der Waals surface area contributed by atoms with Crippen molar-refractivity contribution in [3.8, 4) is 0 Å². The molecule has 1 aliphatic carbocycles. The minimum Gasteiger partial charge on any atom is -0.418 e. The highest BCUT2D eigenvalue weighted by Gasteiger charge is 2.63. The maximum absolute atomic E-state index is 15.8. The minimum absolute atomic E-state index is 0.162. The van der Waals surface area contributed by atoms with Crippen LogP contribution in [0.5, 0.6) is 0 Å². The van der Waals surface area contributed by atoms with Crippen LogP contribution in [0.15, 0.2) is 42.5 Å². The van der Waals surface area contributed by atoms with Crippen molar-refractivity contribution in [3.63, 3.8) is 0 Å². The van der Waals surface area contributed by atoms with Crippen molar-refractivity contribution in [1.82, 2.24) is 20.0 Å². The van der Waals surface area contributed by atoms with Gasteiger partial charge in [-0.3, -0.25) is 19.3 Å². The lowest BCUT2D eigenvalue weighted by Crippen LogP contribution is -2.74. The third kappa shape index (κ3) is 6.86. The summed E-state index contributed by atoms with van der Waals surface area (Å²) in [5.74, 6) is -9.88. The van der Waals surface area contributed by atoms with Gasteiger partial charge in [-0.2, -0.15) is 13.2 Å². The van der Waals surface area contributed by atoms with Crippen LogP contribution in [0.2, 0.25) is 0 Å². The van der Waals surface area contributed by atoms with Gasteiger partial charge in [0.2, 0.25) is 11.8 Å². The zero-order chi connectivity index (χ0) is 34.1. The fourth-order valence-electron chi connectivity index (χ4n) is 6.08. The highest BCUT2D eigenvalue weighted by atomic mass is 19.4. The van der Waals surface area contributed by atoms with Gasteiger partial charge in [0.15, 0.2) is 0 Å². The summed E-state index contributed by atoms with van der Waals surface area (Å²) in [4.78, 5) is 58.9. The van der Waals surface area contributed by atoms with Crippen molar-refractivity contribution < 1.29 is 45.9 Å². The number of carbonyl (C=O) groups is 4. The molecule has 1 fully saturated rings. The molecule has 0 aromatic heterocycles. The summed E-state index contributed by atoms with van der Waals surface area (Å²) in [5, 5.41) is 2.69. The van der Waals surface area contributed by atoms with Crippen LogP contribution >= 0.6 is 0 Å². The summed E-state index contributed by atoms with van der Waals surface area (Å²) < 4.78 is 77.0. The Morgan fingerprint density at radius 2 is 1.61 bits per heavy atom. The normalized spacial score (nSPS) is 20.0. The number of carbonyl (C=O) groups excluding carboxylic acids is 4. The van der Waals surface area contributed by atoms with Crippen LogP contribution in [0.3, 0.4) is 0 Å². The Morgan fingerprint density at radius 3 is 2.13 bits per heavy atom. The van der Waals surface area contributed by atoms with Gasteiger partial charge in [0, 0.05) is 26.2 Å². The van der Waals surface area contributed by atoms with Crippen LogP contribution < -0.4 is 5.32 Å². The zero-order valence-electron chi connectivity index (χ0n) is 26.2. The second kappa shape index (κ2) is 13.3. The topological polar surface area (TPSA) is 99.3 Å². The molecule has 3 atom stereocenters. The predicted molar refractivity (Wildman–Crippen MR) is 156 cm³/mol. The molecule has 0 saturated carbocycles. The summed E-state index contributed by atoms with van der Waals surface area (Å²) >= 11 is 0. The lowest BCUT2D eigenvalue weighted by Gasteiger charge is -2.50. The molecule has 9 nitrogen and oxygen atoms in total. The third-order valence-corrected chi connectivity index (χ3v) is 8.29. The molecule has 0 bridgehead atoms. The van der Waals surface area contributed by atoms with Gasteiger partial charge in [0.05, 0.1) is 5.56 Å². The van der Waals surface area contributed by atoms with Crippen LogP contribution in [0.1, 0.15) is 37.0 Å². The molecule has 2 aromatic rings. The van der Waals surface area contributed by atoms with Gasteiger partial charge in [0.25, 0.3) is 11.6 Å². The van der Waals surface area contributed by atoms with Crippen LogP contribution in [0, 0.1) is 23.5 Å². The summed E-state index contributed by atoms with van der Waals surface area (Å²) in [7, 11) is 4.51. The molecule has 2 aliphatic rings. The number of amides is 3. The number of benzene rings is 2. The maximum atomic E-state index is 15.8. The Labute approximate surface area is 263 Å². The second-order valence-electron chi connectivity index (χ2n) is 12.5. The van der Waals surface area contributed by atoms with E-state index in [9.17, 15) is 36.7 Å². The van der Waals surface area contributed by atoms with Gasteiger partial charge in [0.1, 0.15) is 23.7 Å². The number of nitrogens with zero attached hydrogens (tertiary/aromatic N) is 3. The molecule has 1 saturated heterocycles. The molecule has 0 spiro atoms. The number of esters is 1. The number of fused-ring (bicyclic) bond motifs is 1. The van der Waals surface area contributed by atoms with Crippen molar-refractivity contribution in [2.45, 2.75) is 57.1 Å². The van der Waals surface area contributed by atoms with Crippen LogP contribution in [-0.2, 0) is 42.5 Å². The van der Waals surface area contributed by atoms with E-state index in [0.717, 1.165) is 16.0 Å². The number of alkyl halides is 3. The van der Waals surface area contributed by atoms with E-state index in [1.54, 1.807) is 45.0 Å². The number of ether oxygens (including phenoxy) is 1. The molecule has 2 aromatic carbocycles. The third-order valence-electron chi connectivity index (χ3n) is 8.29. The first-order chi connectivity index (χ1) is 21.5. The SMILES string of the molecule is CC(C)C[C@@H]1C(=O)N[C@H](C2Cc3ccccc3C2)C(=O)N1[C@](OC(=O)C(F)(F)F)(C(=O)N(C)CCN(C)C)c1ccc(F)cc1F. The fraction of sp³-hybridized carbons (Fsp3) is 0.500. The Bertz CT molecular complexity index is 1470. The molecule has 1 N–H and O–H groups in total. The first-order valence-electron chi connectivity index (χ1n) is 14.8. The monoisotopic (exact) mass is 652 g/mol. The van der Waals surface area contributed by atoms with E-state index in [1.165, 1.54) is 7.05 Å². The molecule has 14 heteroatoms. The van der Waals surface area contributed by atoms with Gasteiger partial charge in [-0.1, -0.05) is 38.1 Å². The number of hydrogen-bond acceptors (Lipinski definition) is 6. The lowest BCUT2D eigenvalue weighted by molar-refractivity contribution is -0.241. The van der Waals surface area contributed by atoms with E-state index in [1.807, 2.05) is 12.1 Å². The Balaban J connectivity index is 2.00. The van der Waals surface area contributed by atoms with E-state index in [2.05, 4.69) is 5.32 Å². The highest BCUT2D eigenvalue weighted by molar-refractivity contribution is 6.02. The number of halogens is 5. The zero-order valence-corrected chi connectivity index (χ0v) is 26.2. The van der Waals surface area contributed by atoms with Gasteiger partial charge in [-0.15, -0.1) is 0 Å². The second-order valence-corrected chi connectivity index (χ2v) is 12.5. The standard InChI is InChI=1S/C32H37F5N4O5/c1-18(2)14-25-27(42)38-26(21-15-19-8-6-7-9-20(19)16-21)28(43)41(25)31(46-30(45)32(35,36)37,23-11-10-22(33)17-24(23)34)29(44)40(5)13-12-39(3)4/h6-11,17-18,21,25-26H,12-16H2,1-5H3,(H,38,42)/t25-,26-,31-/m1/s1. The highest BCUT2D eigenvalue weighted by Crippen LogP contribution is 2.42. The largest absolute Gasteiger partial charge is 0.491 e. The van der Waals surface area contributed by atoms with E-state index < -0.39 is 70.8 Å². The number of nitrogens with one attached hydrogen (secondary N) is 1. The number of hydrogen-bond donors (Lipinski definition) is 1. The van der Waals surface area contributed by atoms with Gasteiger partial charge < -0.3 is 19.9 Å². The molecule has 4 rings (SSSR count).